The molecule has 2 atom stereocenters. The van der Waals surface area contributed by atoms with Crippen LogP contribution in [-0.2, 0) is 16.0 Å². The van der Waals surface area contributed by atoms with Crippen LogP contribution in [0.1, 0.15) is 53.1 Å². The van der Waals surface area contributed by atoms with Crippen LogP contribution in [0.4, 0.5) is 0 Å². The zero-order chi connectivity index (χ0) is 21.1. The summed E-state index contributed by atoms with van der Waals surface area (Å²) in [4.78, 5) is 26.7. The summed E-state index contributed by atoms with van der Waals surface area (Å²) in [6, 6.07) is 17.4. The molecule has 30 heavy (non-hydrogen) atoms. The molecular weight excluding hydrogens is 380 g/mol. The Morgan fingerprint density at radius 1 is 1.10 bits per heavy atom. The number of hydrogen-bond donors (Lipinski definition) is 1. The van der Waals surface area contributed by atoms with Crippen LogP contribution in [0.2, 0.25) is 0 Å². The van der Waals surface area contributed by atoms with Gasteiger partial charge in [-0.25, -0.2) is 4.79 Å². The van der Waals surface area contributed by atoms with Gasteiger partial charge in [0.2, 0.25) is 0 Å². The molecule has 7 nitrogen and oxygen atoms in total. The van der Waals surface area contributed by atoms with Crippen molar-refractivity contribution in [2.75, 3.05) is 0 Å². The maximum absolute atomic E-state index is 12.7. The fourth-order valence-corrected chi connectivity index (χ4v) is 3.71. The number of aryl methyl sites for hydroxylation is 2. The molecule has 7 heteroatoms. The fourth-order valence-electron chi connectivity index (χ4n) is 3.71. The van der Waals surface area contributed by atoms with Gasteiger partial charge in [0.25, 0.3) is 5.91 Å². The third-order valence-electron chi connectivity index (χ3n) is 5.30. The maximum atomic E-state index is 12.7. The van der Waals surface area contributed by atoms with Crippen LogP contribution < -0.4 is 5.32 Å². The number of benzene rings is 2. The molecule has 0 unspecified atom stereocenters. The maximum Gasteiger partial charge on any atom is 0.361 e. The third kappa shape index (κ3) is 4.10. The van der Waals surface area contributed by atoms with Crippen molar-refractivity contribution in [3.63, 3.8) is 0 Å². The monoisotopic (exact) mass is 404 g/mol. The first-order valence-corrected chi connectivity index (χ1v) is 10.1. The number of hydrogen-bond acceptors (Lipinski definition) is 5. The number of rotatable bonds is 5. The summed E-state index contributed by atoms with van der Waals surface area (Å²) in [5.74, 6) is -0.987. The molecule has 2 aromatic carbocycles. The highest BCUT2D eigenvalue weighted by Crippen LogP contribution is 2.29. The molecule has 1 aliphatic carbocycles. The zero-order valence-corrected chi connectivity index (χ0v) is 17.0. The SMILES string of the molecule is Cc1nn(-c2ccccc2)nc1C(=O)O[C@@H](C)C(=O)N[C@H]1CCCc2ccccc21. The minimum atomic E-state index is -0.937. The number of carbonyl (C=O) groups excluding carboxylic acids is 2. The highest BCUT2D eigenvalue weighted by Gasteiger charge is 2.27. The second-order valence-corrected chi connectivity index (χ2v) is 7.46. The Hall–Kier alpha value is -3.48. The van der Waals surface area contributed by atoms with E-state index in [-0.39, 0.29) is 17.6 Å². The van der Waals surface area contributed by atoms with Gasteiger partial charge in [0, 0.05) is 0 Å². The van der Waals surface area contributed by atoms with E-state index in [1.54, 1.807) is 13.8 Å². The number of amides is 1. The van der Waals surface area contributed by atoms with Crippen LogP contribution in [0.25, 0.3) is 5.69 Å². The lowest BCUT2D eigenvalue weighted by Gasteiger charge is -2.27. The van der Waals surface area contributed by atoms with Crippen LogP contribution >= 0.6 is 0 Å². The number of nitrogens with zero attached hydrogens (tertiary/aromatic N) is 3. The van der Waals surface area contributed by atoms with E-state index in [1.807, 2.05) is 48.5 Å². The number of esters is 1. The van der Waals surface area contributed by atoms with Crippen molar-refractivity contribution in [2.45, 2.75) is 45.3 Å². The first-order chi connectivity index (χ1) is 14.5. The van der Waals surface area contributed by atoms with Crippen LogP contribution in [0.3, 0.4) is 0 Å². The van der Waals surface area contributed by atoms with Gasteiger partial charge in [-0.3, -0.25) is 4.79 Å². The lowest BCUT2D eigenvalue weighted by Crippen LogP contribution is -2.39. The van der Waals surface area contributed by atoms with Crippen LogP contribution in [-0.4, -0.2) is 33.0 Å². The van der Waals surface area contributed by atoms with Gasteiger partial charge in [-0.1, -0.05) is 42.5 Å². The van der Waals surface area contributed by atoms with E-state index in [4.69, 9.17) is 4.74 Å². The van der Waals surface area contributed by atoms with E-state index in [0.29, 0.717) is 5.69 Å². The number of carbonyl (C=O) groups is 2. The minimum Gasteiger partial charge on any atom is -0.448 e. The molecule has 1 aliphatic rings. The molecule has 1 N–H and O–H groups in total. The molecule has 0 spiro atoms. The van der Waals surface area contributed by atoms with E-state index in [0.717, 1.165) is 30.5 Å². The summed E-state index contributed by atoms with van der Waals surface area (Å²) in [5, 5.41) is 11.5. The first-order valence-electron chi connectivity index (χ1n) is 10.1. The summed E-state index contributed by atoms with van der Waals surface area (Å²) in [5.41, 5.74) is 3.67. The molecular formula is C23H24N4O3. The molecule has 0 saturated carbocycles. The zero-order valence-electron chi connectivity index (χ0n) is 17.0. The van der Waals surface area contributed by atoms with E-state index in [9.17, 15) is 9.59 Å². The molecule has 3 aromatic rings. The fraction of sp³-hybridized carbons (Fsp3) is 0.304. The second-order valence-electron chi connectivity index (χ2n) is 7.46. The summed E-state index contributed by atoms with van der Waals surface area (Å²) in [6.07, 6.45) is 1.96. The Morgan fingerprint density at radius 2 is 1.83 bits per heavy atom. The van der Waals surface area contributed by atoms with Crippen LogP contribution in [0, 0.1) is 6.92 Å². The molecule has 0 radical (unpaired) electrons. The predicted octanol–water partition coefficient (Wildman–Crippen LogP) is 3.31. The van der Waals surface area contributed by atoms with Gasteiger partial charge >= 0.3 is 5.97 Å². The lowest BCUT2D eigenvalue weighted by molar-refractivity contribution is -0.130. The van der Waals surface area contributed by atoms with Crippen molar-refractivity contribution in [2.24, 2.45) is 0 Å². The molecule has 0 saturated heterocycles. The van der Waals surface area contributed by atoms with Crippen molar-refractivity contribution in [1.29, 1.82) is 0 Å². The average Bonchev–Trinajstić information content (AvgIpc) is 3.16. The number of nitrogens with one attached hydrogen (secondary N) is 1. The molecule has 0 bridgehead atoms. The van der Waals surface area contributed by atoms with Gasteiger partial charge in [-0.2, -0.15) is 9.90 Å². The Kier molecular flexibility index (Phi) is 5.61. The van der Waals surface area contributed by atoms with E-state index in [1.165, 1.54) is 10.4 Å². The Morgan fingerprint density at radius 3 is 2.63 bits per heavy atom. The molecule has 4 rings (SSSR count). The number of aromatic nitrogens is 3. The number of ether oxygens (including phenoxy) is 1. The molecule has 0 aliphatic heterocycles. The lowest BCUT2D eigenvalue weighted by atomic mass is 9.87. The summed E-state index contributed by atoms with van der Waals surface area (Å²) >= 11 is 0. The van der Waals surface area contributed by atoms with Gasteiger partial charge in [-0.15, -0.1) is 5.10 Å². The molecule has 1 aromatic heterocycles. The van der Waals surface area contributed by atoms with Crippen molar-refractivity contribution in [3.8, 4) is 5.69 Å². The van der Waals surface area contributed by atoms with E-state index >= 15 is 0 Å². The smallest absolute Gasteiger partial charge is 0.361 e. The van der Waals surface area contributed by atoms with Gasteiger partial charge in [0.1, 0.15) is 0 Å². The minimum absolute atomic E-state index is 0.0655. The summed E-state index contributed by atoms with van der Waals surface area (Å²) in [6.45, 7) is 3.26. The van der Waals surface area contributed by atoms with Gasteiger partial charge < -0.3 is 10.1 Å². The standard InChI is InChI=1S/C23H24N4O3/c1-15-21(26-27(25-15)18-11-4-3-5-12-18)23(29)30-16(2)22(28)24-20-14-8-10-17-9-6-7-13-19(17)20/h3-7,9,11-13,16,20H,8,10,14H2,1-2H3,(H,24,28)/t16-,20-/m0/s1. The van der Waals surface area contributed by atoms with E-state index in [2.05, 4.69) is 21.6 Å². The average molecular weight is 404 g/mol. The van der Waals surface area contributed by atoms with Gasteiger partial charge in [0.15, 0.2) is 11.8 Å². The van der Waals surface area contributed by atoms with Gasteiger partial charge in [-0.05, 0) is 56.4 Å². The Labute approximate surface area is 175 Å². The highest BCUT2D eigenvalue weighted by atomic mass is 16.5. The second kappa shape index (κ2) is 8.49. The van der Waals surface area contributed by atoms with E-state index < -0.39 is 12.1 Å². The molecule has 1 amide bonds. The first kappa shape index (κ1) is 19.8. The van der Waals surface area contributed by atoms with Gasteiger partial charge in [0.05, 0.1) is 17.4 Å². The summed E-state index contributed by atoms with van der Waals surface area (Å²) in [7, 11) is 0. The van der Waals surface area contributed by atoms with Crippen molar-refractivity contribution in [1.82, 2.24) is 20.3 Å². The molecule has 154 valence electrons. The quantitative estimate of drug-likeness (QED) is 0.660. The number of fused-ring (bicyclic) bond motifs is 1. The normalized spacial score (nSPS) is 16.4. The molecule has 0 fully saturated rings. The molecule has 1 heterocycles. The summed E-state index contributed by atoms with van der Waals surface area (Å²) < 4.78 is 5.39. The van der Waals surface area contributed by atoms with Crippen molar-refractivity contribution in [3.05, 3.63) is 77.1 Å². The predicted molar refractivity (Wildman–Crippen MR) is 111 cm³/mol. The van der Waals surface area contributed by atoms with Crippen molar-refractivity contribution < 1.29 is 14.3 Å². The Balaban J connectivity index is 1.42. The van der Waals surface area contributed by atoms with Crippen LogP contribution in [0.5, 0.6) is 0 Å². The largest absolute Gasteiger partial charge is 0.448 e. The van der Waals surface area contributed by atoms with Crippen LogP contribution in [0.15, 0.2) is 54.6 Å². The third-order valence-corrected chi connectivity index (χ3v) is 5.30. The number of para-hydroxylation sites is 1. The highest BCUT2D eigenvalue weighted by molar-refractivity contribution is 5.91. The van der Waals surface area contributed by atoms with Crippen molar-refractivity contribution >= 4 is 11.9 Å². The topological polar surface area (TPSA) is 86.1 Å². The Bertz CT molecular complexity index is 1060.